The van der Waals surface area contributed by atoms with Crippen LogP contribution in [0.1, 0.15) is 6.42 Å². The highest BCUT2D eigenvalue weighted by Crippen LogP contribution is 2.22. The minimum atomic E-state index is -0.458. The molecule has 0 radical (unpaired) electrons. The van der Waals surface area contributed by atoms with Gasteiger partial charge in [-0.05, 0) is 18.2 Å². The zero-order valence-electron chi connectivity index (χ0n) is 12.7. The van der Waals surface area contributed by atoms with E-state index in [1.54, 1.807) is 22.9 Å². The number of imidazole rings is 1. The number of fused-ring (bicyclic) bond motifs is 1. The second-order valence-electron chi connectivity index (χ2n) is 5.09. The summed E-state index contributed by atoms with van der Waals surface area (Å²) in [6, 6.07) is 13.8. The number of carbonyl (C=O) groups excluding carboxylic acids is 1. The molecule has 0 spiro atoms. The highest BCUT2D eigenvalue weighted by molar-refractivity contribution is 5.86. The summed E-state index contributed by atoms with van der Waals surface area (Å²) < 4.78 is 1.56. The summed E-state index contributed by atoms with van der Waals surface area (Å²) in [6.07, 6.45) is 1.70. The van der Waals surface area contributed by atoms with Crippen molar-refractivity contribution >= 4 is 28.3 Å². The molecule has 1 amide bonds. The third kappa shape index (κ3) is 3.32. The van der Waals surface area contributed by atoms with Crippen molar-refractivity contribution in [1.82, 2.24) is 9.66 Å². The molecule has 0 unspecified atom stereocenters. The number of carbonyl (C=O) groups is 1. The molecule has 2 aromatic carbocycles. The molecule has 0 aliphatic rings. The van der Waals surface area contributed by atoms with Crippen LogP contribution in [0, 0.1) is 10.1 Å². The van der Waals surface area contributed by atoms with Gasteiger partial charge in [0, 0.05) is 19.0 Å². The molecule has 0 saturated carbocycles. The van der Waals surface area contributed by atoms with E-state index in [2.05, 4.69) is 15.7 Å². The van der Waals surface area contributed by atoms with E-state index in [0.29, 0.717) is 5.69 Å². The molecular formula is C16H15N5O3. The molecule has 0 aliphatic heterocycles. The highest BCUT2D eigenvalue weighted by Gasteiger charge is 2.12. The van der Waals surface area contributed by atoms with Gasteiger partial charge in [0.15, 0.2) is 0 Å². The van der Waals surface area contributed by atoms with Crippen LogP contribution in [-0.4, -0.2) is 27.0 Å². The molecule has 0 bridgehead atoms. The molecule has 0 atom stereocenters. The lowest BCUT2D eigenvalue weighted by Crippen LogP contribution is -2.24. The minimum Gasteiger partial charge on any atom is -0.379 e. The highest BCUT2D eigenvalue weighted by atomic mass is 16.6. The van der Waals surface area contributed by atoms with Gasteiger partial charge in [0.25, 0.3) is 5.69 Å². The number of hydrogen-bond acceptors (Lipinski definition) is 5. The van der Waals surface area contributed by atoms with E-state index in [9.17, 15) is 14.9 Å². The Hall–Kier alpha value is -3.42. The van der Waals surface area contributed by atoms with Crippen molar-refractivity contribution < 1.29 is 9.72 Å². The van der Waals surface area contributed by atoms with E-state index < -0.39 is 4.92 Å². The fourth-order valence-corrected chi connectivity index (χ4v) is 2.33. The van der Waals surface area contributed by atoms with E-state index >= 15 is 0 Å². The molecule has 0 aliphatic carbocycles. The largest absolute Gasteiger partial charge is 0.379 e. The van der Waals surface area contributed by atoms with E-state index in [1.165, 1.54) is 12.4 Å². The molecule has 0 fully saturated rings. The van der Waals surface area contributed by atoms with Crippen molar-refractivity contribution in [3.63, 3.8) is 0 Å². The third-order valence-corrected chi connectivity index (χ3v) is 3.47. The van der Waals surface area contributed by atoms with Gasteiger partial charge in [0.1, 0.15) is 12.0 Å². The van der Waals surface area contributed by atoms with Crippen molar-refractivity contribution in [1.29, 1.82) is 0 Å². The first-order valence-corrected chi connectivity index (χ1v) is 7.34. The normalized spacial score (nSPS) is 10.5. The lowest BCUT2D eigenvalue weighted by atomic mass is 10.2. The summed E-state index contributed by atoms with van der Waals surface area (Å²) in [5.41, 5.74) is 4.70. The SMILES string of the molecule is O=C(CCNc1ccccc1[N+](=O)[O-])Nn1cnc2ccccc21. The van der Waals surface area contributed by atoms with Crippen LogP contribution in [-0.2, 0) is 4.79 Å². The number of nitrogens with one attached hydrogen (secondary N) is 2. The summed E-state index contributed by atoms with van der Waals surface area (Å²) in [5.74, 6) is -0.218. The van der Waals surface area contributed by atoms with E-state index in [-0.39, 0.29) is 24.6 Å². The first-order chi connectivity index (χ1) is 11.6. The maximum absolute atomic E-state index is 12.0. The van der Waals surface area contributed by atoms with Gasteiger partial charge < -0.3 is 5.32 Å². The Balaban J connectivity index is 1.58. The maximum Gasteiger partial charge on any atom is 0.292 e. The summed E-state index contributed by atoms with van der Waals surface area (Å²) in [5, 5.41) is 13.8. The quantitative estimate of drug-likeness (QED) is 0.535. The lowest BCUT2D eigenvalue weighted by Gasteiger charge is -2.09. The van der Waals surface area contributed by atoms with Gasteiger partial charge in [-0.2, -0.15) is 0 Å². The zero-order chi connectivity index (χ0) is 16.9. The molecule has 0 saturated heterocycles. The summed E-state index contributed by atoms with van der Waals surface area (Å²) in [7, 11) is 0. The Morgan fingerprint density at radius 2 is 1.92 bits per heavy atom. The monoisotopic (exact) mass is 325 g/mol. The number of aromatic nitrogens is 2. The zero-order valence-corrected chi connectivity index (χ0v) is 12.7. The molecule has 2 N–H and O–H groups in total. The Labute approximate surface area is 137 Å². The average molecular weight is 325 g/mol. The predicted molar refractivity (Wildman–Crippen MR) is 90.3 cm³/mol. The molecule has 24 heavy (non-hydrogen) atoms. The summed E-state index contributed by atoms with van der Waals surface area (Å²) in [4.78, 5) is 26.7. The Morgan fingerprint density at radius 3 is 2.75 bits per heavy atom. The van der Waals surface area contributed by atoms with Crippen LogP contribution in [0.4, 0.5) is 11.4 Å². The lowest BCUT2D eigenvalue weighted by molar-refractivity contribution is -0.384. The van der Waals surface area contributed by atoms with Crippen molar-refractivity contribution in [2.24, 2.45) is 0 Å². The molecule has 8 heteroatoms. The summed E-state index contributed by atoms with van der Waals surface area (Å²) in [6.45, 7) is 0.281. The number of para-hydroxylation sites is 4. The van der Waals surface area contributed by atoms with E-state index in [0.717, 1.165) is 11.0 Å². The van der Waals surface area contributed by atoms with Crippen LogP contribution in [0.15, 0.2) is 54.9 Å². The van der Waals surface area contributed by atoms with Crippen molar-refractivity contribution in [2.75, 3.05) is 17.3 Å². The van der Waals surface area contributed by atoms with Gasteiger partial charge >= 0.3 is 0 Å². The van der Waals surface area contributed by atoms with Gasteiger partial charge in [-0.3, -0.25) is 20.3 Å². The smallest absolute Gasteiger partial charge is 0.292 e. The van der Waals surface area contributed by atoms with Gasteiger partial charge in [-0.1, -0.05) is 24.3 Å². The van der Waals surface area contributed by atoms with Crippen molar-refractivity contribution in [2.45, 2.75) is 6.42 Å². The Morgan fingerprint density at radius 1 is 1.17 bits per heavy atom. The maximum atomic E-state index is 12.0. The van der Waals surface area contributed by atoms with Crippen LogP contribution >= 0.6 is 0 Å². The molecule has 8 nitrogen and oxygen atoms in total. The van der Waals surface area contributed by atoms with Gasteiger partial charge in [-0.15, -0.1) is 0 Å². The first-order valence-electron chi connectivity index (χ1n) is 7.34. The molecule has 3 rings (SSSR count). The predicted octanol–water partition coefficient (Wildman–Crippen LogP) is 2.52. The molecular weight excluding hydrogens is 310 g/mol. The Kier molecular flexibility index (Phi) is 4.37. The van der Waals surface area contributed by atoms with Crippen LogP contribution < -0.4 is 10.7 Å². The van der Waals surface area contributed by atoms with Crippen LogP contribution in [0.5, 0.6) is 0 Å². The second-order valence-corrected chi connectivity index (χ2v) is 5.09. The van der Waals surface area contributed by atoms with Gasteiger partial charge in [0.2, 0.25) is 5.91 Å². The number of nitro benzene ring substituents is 1. The average Bonchev–Trinajstić information content (AvgIpc) is 2.98. The minimum absolute atomic E-state index is 0.0153. The van der Waals surface area contributed by atoms with Crippen LogP contribution in [0.25, 0.3) is 11.0 Å². The fraction of sp³-hybridized carbons (Fsp3) is 0.125. The molecule has 122 valence electrons. The number of benzene rings is 2. The van der Waals surface area contributed by atoms with Crippen molar-refractivity contribution in [3.8, 4) is 0 Å². The fourth-order valence-electron chi connectivity index (χ4n) is 2.33. The number of anilines is 1. The molecule has 3 aromatic rings. The first kappa shape index (κ1) is 15.5. The molecule has 1 aromatic heterocycles. The number of rotatable bonds is 6. The van der Waals surface area contributed by atoms with Crippen LogP contribution in [0.3, 0.4) is 0 Å². The van der Waals surface area contributed by atoms with Crippen LogP contribution in [0.2, 0.25) is 0 Å². The number of amides is 1. The van der Waals surface area contributed by atoms with Crippen molar-refractivity contribution in [3.05, 3.63) is 65.0 Å². The summed E-state index contributed by atoms with van der Waals surface area (Å²) >= 11 is 0. The van der Waals surface area contributed by atoms with Gasteiger partial charge in [-0.25, -0.2) is 9.66 Å². The molecule has 1 heterocycles. The standard InChI is InChI=1S/C16H15N5O3/c22-16(19-20-11-18-12-5-1-3-7-14(12)20)9-10-17-13-6-2-4-8-15(13)21(23)24/h1-8,11,17H,9-10H2,(H,19,22). The number of nitro groups is 1. The van der Waals surface area contributed by atoms with Gasteiger partial charge in [0.05, 0.1) is 16.0 Å². The van der Waals surface area contributed by atoms with E-state index in [4.69, 9.17) is 0 Å². The second kappa shape index (κ2) is 6.78. The Bertz CT molecular complexity index is 890. The van der Waals surface area contributed by atoms with E-state index in [1.807, 2.05) is 24.3 Å². The topological polar surface area (TPSA) is 102 Å². The number of nitrogens with zero attached hydrogens (tertiary/aromatic N) is 3. The third-order valence-electron chi connectivity index (χ3n) is 3.47. The number of hydrogen-bond donors (Lipinski definition) is 2.